The van der Waals surface area contributed by atoms with Crippen molar-refractivity contribution in [2.45, 2.75) is 200 Å². The summed E-state index contributed by atoms with van der Waals surface area (Å²) in [5.41, 5.74) is 0. The van der Waals surface area contributed by atoms with E-state index in [4.69, 9.17) is 0 Å². The number of aliphatic carboxylic acids is 3. The molecule has 0 aromatic carbocycles. The lowest BCUT2D eigenvalue weighted by Gasteiger charge is -2.52. The number of quaternary nitrogens is 1. The summed E-state index contributed by atoms with van der Waals surface area (Å²) in [6, 6.07) is -3.37. The van der Waals surface area contributed by atoms with E-state index in [1.807, 2.05) is 20.8 Å². The van der Waals surface area contributed by atoms with Gasteiger partial charge in [0.2, 0.25) is 0 Å². The molecule has 258 valence electrons. The molecule has 0 aliphatic carbocycles. The molecule has 0 fully saturated rings. The van der Waals surface area contributed by atoms with Gasteiger partial charge in [-0.2, -0.15) is 0 Å². The third-order valence-electron chi connectivity index (χ3n) is 9.33. The molecule has 3 unspecified atom stereocenters. The zero-order valence-electron chi connectivity index (χ0n) is 29.0. The van der Waals surface area contributed by atoms with Crippen LogP contribution in [0.15, 0.2) is 12.2 Å². The topological polar surface area (TPSA) is 115 Å². The molecule has 0 aliphatic heterocycles. The highest BCUT2D eigenvalue weighted by atomic mass is 16.4. The van der Waals surface area contributed by atoms with Crippen LogP contribution in [0, 0.1) is 0 Å². The number of unbranched alkanes of at least 4 members (excludes halogenated alkanes) is 16. The SMILES string of the molecule is CCCCCCCCCCCCCCCC/C=C/CCCC[N+](C(CCC)C(=O)[O-])(C(CCC)C(=O)O)C(CCC)C(=O)O. The van der Waals surface area contributed by atoms with Crippen LogP contribution in [-0.2, 0) is 14.4 Å². The highest BCUT2D eigenvalue weighted by Gasteiger charge is 2.54. The number of carboxylic acids is 3. The molecule has 0 aliphatic rings. The fraction of sp³-hybridized carbons (Fsp3) is 0.865. The Kier molecular flexibility index (Phi) is 26.2. The van der Waals surface area contributed by atoms with Gasteiger partial charge in [-0.05, 0) is 44.9 Å². The number of hydrogen-bond acceptors (Lipinski definition) is 4. The van der Waals surface area contributed by atoms with E-state index in [1.54, 1.807) is 0 Å². The maximum Gasteiger partial charge on any atom is 0.362 e. The molecule has 7 nitrogen and oxygen atoms in total. The Morgan fingerprint density at radius 2 is 0.864 bits per heavy atom. The van der Waals surface area contributed by atoms with E-state index in [9.17, 15) is 29.7 Å². The molecule has 0 heterocycles. The first-order valence-electron chi connectivity index (χ1n) is 18.4. The molecule has 0 saturated heterocycles. The lowest BCUT2D eigenvalue weighted by atomic mass is 9.91. The van der Waals surface area contributed by atoms with Gasteiger partial charge in [-0.3, -0.25) is 4.48 Å². The molecule has 0 bridgehead atoms. The number of carbonyl (C=O) groups is 3. The Morgan fingerprint density at radius 3 is 1.20 bits per heavy atom. The number of hydrogen-bond donors (Lipinski definition) is 2. The largest absolute Gasteiger partial charge is 0.544 e. The zero-order valence-corrected chi connectivity index (χ0v) is 29.0. The Morgan fingerprint density at radius 1 is 0.523 bits per heavy atom. The predicted molar refractivity (Wildman–Crippen MR) is 179 cm³/mol. The summed E-state index contributed by atoms with van der Waals surface area (Å²) in [7, 11) is 0. The predicted octanol–water partition coefficient (Wildman–Crippen LogP) is 8.83. The van der Waals surface area contributed by atoms with Gasteiger partial charge < -0.3 is 20.1 Å². The first-order valence-corrected chi connectivity index (χ1v) is 18.4. The molecule has 0 aromatic rings. The van der Waals surface area contributed by atoms with Gasteiger partial charge >= 0.3 is 11.9 Å². The summed E-state index contributed by atoms with van der Waals surface area (Å²) >= 11 is 0. The normalized spacial score (nSPS) is 15.2. The smallest absolute Gasteiger partial charge is 0.362 e. The van der Waals surface area contributed by atoms with E-state index in [-0.39, 0.29) is 25.8 Å². The van der Waals surface area contributed by atoms with Gasteiger partial charge in [0.05, 0.1) is 12.5 Å². The Bertz CT molecular complexity index is 707. The number of nitrogens with zero attached hydrogens (tertiary/aromatic N) is 1. The highest BCUT2D eigenvalue weighted by molar-refractivity contribution is 5.77. The minimum absolute atomic E-state index is 0.197. The van der Waals surface area contributed by atoms with E-state index in [0.29, 0.717) is 25.7 Å². The second kappa shape index (κ2) is 27.4. The van der Waals surface area contributed by atoms with Gasteiger partial charge in [-0.15, -0.1) is 0 Å². The summed E-state index contributed by atoms with van der Waals surface area (Å²) < 4.78 is -0.453. The van der Waals surface area contributed by atoms with Crippen LogP contribution in [0.3, 0.4) is 0 Å². The molecule has 0 aromatic heterocycles. The maximum absolute atomic E-state index is 12.6. The van der Waals surface area contributed by atoms with Crippen molar-refractivity contribution in [3.05, 3.63) is 12.2 Å². The van der Waals surface area contributed by atoms with Gasteiger partial charge in [0.15, 0.2) is 12.1 Å². The lowest BCUT2D eigenvalue weighted by Crippen LogP contribution is -2.74. The minimum Gasteiger partial charge on any atom is -0.544 e. The van der Waals surface area contributed by atoms with E-state index in [0.717, 1.165) is 19.3 Å². The molecule has 0 spiro atoms. The molecule has 7 heteroatoms. The van der Waals surface area contributed by atoms with Crippen LogP contribution in [0.2, 0.25) is 0 Å². The van der Waals surface area contributed by atoms with Crippen LogP contribution < -0.4 is 5.11 Å². The molecule has 3 atom stereocenters. The van der Waals surface area contributed by atoms with Crippen molar-refractivity contribution in [3.8, 4) is 0 Å². The average Bonchev–Trinajstić information content (AvgIpc) is 2.98. The van der Waals surface area contributed by atoms with Gasteiger partial charge in [0.25, 0.3) is 0 Å². The minimum atomic E-state index is -1.34. The summed E-state index contributed by atoms with van der Waals surface area (Å²) in [5.74, 6) is -3.58. The number of allylic oxidation sites excluding steroid dienone is 2. The van der Waals surface area contributed by atoms with E-state index >= 15 is 0 Å². The fourth-order valence-electron chi connectivity index (χ4n) is 6.97. The molecule has 0 rings (SSSR count). The molecular weight excluding hydrogens is 554 g/mol. The van der Waals surface area contributed by atoms with Crippen molar-refractivity contribution in [1.29, 1.82) is 0 Å². The number of carbonyl (C=O) groups excluding carboxylic acids is 1. The first kappa shape index (κ1) is 42.1. The van der Waals surface area contributed by atoms with E-state index < -0.39 is 40.5 Å². The van der Waals surface area contributed by atoms with Gasteiger partial charge in [0, 0.05) is 19.3 Å². The molecule has 0 amide bonds. The van der Waals surface area contributed by atoms with Crippen LogP contribution in [0.4, 0.5) is 0 Å². The van der Waals surface area contributed by atoms with Crippen molar-refractivity contribution >= 4 is 17.9 Å². The average molecular weight is 624 g/mol. The van der Waals surface area contributed by atoms with Crippen LogP contribution in [-0.4, -0.2) is 57.3 Å². The van der Waals surface area contributed by atoms with Crippen molar-refractivity contribution in [3.63, 3.8) is 0 Å². The van der Waals surface area contributed by atoms with Crippen molar-refractivity contribution in [2.24, 2.45) is 0 Å². The van der Waals surface area contributed by atoms with Gasteiger partial charge in [-0.1, -0.05) is 130 Å². The molecule has 0 saturated carbocycles. The highest BCUT2D eigenvalue weighted by Crippen LogP contribution is 2.34. The van der Waals surface area contributed by atoms with Crippen LogP contribution in [0.1, 0.15) is 182 Å². The molecule has 2 N–H and O–H groups in total. The van der Waals surface area contributed by atoms with Crippen LogP contribution in [0.5, 0.6) is 0 Å². The lowest BCUT2D eigenvalue weighted by molar-refractivity contribution is -0.975. The summed E-state index contributed by atoms with van der Waals surface area (Å²) in [5, 5.41) is 33.0. The van der Waals surface area contributed by atoms with Gasteiger partial charge in [0.1, 0.15) is 6.04 Å². The monoisotopic (exact) mass is 624 g/mol. The fourth-order valence-corrected chi connectivity index (χ4v) is 6.97. The summed E-state index contributed by atoms with van der Waals surface area (Å²) in [6.07, 6.45) is 28.7. The molecule has 0 radical (unpaired) electrons. The second-order valence-corrected chi connectivity index (χ2v) is 13.0. The third-order valence-corrected chi connectivity index (χ3v) is 9.33. The Hall–Kier alpha value is -1.89. The maximum atomic E-state index is 12.6. The molecular formula is C37H69NO6. The van der Waals surface area contributed by atoms with E-state index in [2.05, 4.69) is 19.1 Å². The number of carboxylic acid groups (broad SMARTS) is 3. The van der Waals surface area contributed by atoms with E-state index in [1.165, 1.54) is 89.9 Å². The van der Waals surface area contributed by atoms with Crippen molar-refractivity contribution in [1.82, 2.24) is 0 Å². The second-order valence-electron chi connectivity index (χ2n) is 13.0. The Labute approximate surface area is 270 Å². The number of rotatable bonds is 32. The van der Waals surface area contributed by atoms with Crippen LogP contribution in [0.25, 0.3) is 0 Å². The van der Waals surface area contributed by atoms with Crippen LogP contribution >= 0.6 is 0 Å². The summed E-state index contributed by atoms with van der Waals surface area (Å²) in [6.45, 7) is 8.04. The van der Waals surface area contributed by atoms with Crippen molar-refractivity contribution < 1.29 is 34.2 Å². The van der Waals surface area contributed by atoms with Crippen molar-refractivity contribution in [2.75, 3.05) is 6.54 Å². The first-order chi connectivity index (χ1) is 21.2. The Balaban J connectivity index is 4.80. The molecule has 44 heavy (non-hydrogen) atoms. The quantitative estimate of drug-likeness (QED) is 0.0439. The summed E-state index contributed by atoms with van der Waals surface area (Å²) in [4.78, 5) is 37.6. The standard InChI is InChI=1S/C37H69NO6/c1-5-9-10-11-12-13-14-15-16-17-18-19-20-21-22-23-24-25-26-27-31-38(32(28-6-2)35(39)40,33(29-7-3)36(41)42)34(30-8-4)37(43)44/h23-24,32-34H,5-22,25-31H2,1-4H3,(H2-,39,40,41,42,43,44)/b24-23+. The van der Waals surface area contributed by atoms with Gasteiger partial charge in [-0.25, -0.2) is 9.59 Å². The zero-order chi connectivity index (χ0) is 33.1. The third kappa shape index (κ3) is 17.0.